The third kappa shape index (κ3) is 3.45. The van der Waals surface area contributed by atoms with Crippen LogP contribution in [0.25, 0.3) is 0 Å². The van der Waals surface area contributed by atoms with Crippen LogP contribution in [-0.4, -0.2) is 23.8 Å². The van der Waals surface area contributed by atoms with Gasteiger partial charge in [-0.2, -0.15) is 13.2 Å². The number of rotatable bonds is 3. The Balaban J connectivity index is 2.80. The second kappa shape index (κ2) is 4.42. The molecule has 0 spiro atoms. The molecule has 0 aliphatic heterocycles. The predicted molar refractivity (Wildman–Crippen MR) is 52.7 cm³/mol. The van der Waals surface area contributed by atoms with Gasteiger partial charge in [0.2, 0.25) is 0 Å². The highest BCUT2D eigenvalue weighted by atomic mass is 19.4. The molecular formula is C10H10F3NO2. The molecule has 6 heteroatoms. The lowest BCUT2D eigenvalue weighted by Crippen LogP contribution is -2.21. The van der Waals surface area contributed by atoms with E-state index in [1.165, 1.54) is 18.2 Å². The zero-order chi connectivity index (χ0) is 12.3. The van der Waals surface area contributed by atoms with E-state index in [4.69, 9.17) is 5.11 Å². The number of anilines is 1. The van der Waals surface area contributed by atoms with E-state index < -0.39 is 18.7 Å². The van der Waals surface area contributed by atoms with Gasteiger partial charge in [-0.1, -0.05) is 0 Å². The Bertz CT molecular complexity index is 402. The van der Waals surface area contributed by atoms with E-state index in [1.54, 1.807) is 6.92 Å². The van der Waals surface area contributed by atoms with Crippen LogP contribution in [0.3, 0.4) is 0 Å². The van der Waals surface area contributed by atoms with Gasteiger partial charge >= 0.3 is 12.1 Å². The van der Waals surface area contributed by atoms with Crippen LogP contribution in [0.4, 0.5) is 18.9 Å². The number of carbonyl (C=O) groups is 1. The first-order valence-corrected chi connectivity index (χ1v) is 4.44. The molecule has 16 heavy (non-hydrogen) atoms. The number of aromatic carboxylic acids is 1. The fourth-order valence-corrected chi connectivity index (χ4v) is 1.19. The van der Waals surface area contributed by atoms with E-state index in [0.29, 0.717) is 5.56 Å². The molecule has 0 unspecified atom stereocenters. The highest BCUT2D eigenvalue weighted by Gasteiger charge is 2.26. The zero-order valence-corrected chi connectivity index (χ0v) is 8.43. The molecule has 0 aliphatic rings. The summed E-state index contributed by atoms with van der Waals surface area (Å²) in [5, 5.41) is 10.9. The first-order valence-electron chi connectivity index (χ1n) is 4.44. The Hall–Kier alpha value is -1.72. The summed E-state index contributed by atoms with van der Waals surface area (Å²) in [4.78, 5) is 10.6. The van der Waals surface area contributed by atoms with E-state index in [1.807, 2.05) is 0 Å². The molecule has 1 aromatic carbocycles. The molecule has 0 fully saturated rings. The highest BCUT2D eigenvalue weighted by Crippen LogP contribution is 2.20. The van der Waals surface area contributed by atoms with Gasteiger partial charge in [0.15, 0.2) is 0 Å². The van der Waals surface area contributed by atoms with Crippen molar-refractivity contribution in [3.8, 4) is 0 Å². The van der Waals surface area contributed by atoms with Gasteiger partial charge in [-0.15, -0.1) is 0 Å². The highest BCUT2D eigenvalue weighted by molar-refractivity contribution is 5.88. The largest absolute Gasteiger partial charge is 0.478 e. The van der Waals surface area contributed by atoms with Crippen LogP contribution in [0, 0.1) is 6.92 Å². The van der Waals surface area contributed by atoms with Gasteiger partial charge < -0.3 is 10.4 Å². The van der Waals surface area contributed by atoms with Crippen molar-refractivity contribution in [2.75, 3.05) is 11.9 Å². The second-order valence-electron chi connectivity index (χ2n) is 3.30. The SMILES string of the molecule is Cc1cc(C(=O)O)ccc1NCC(F)(F)F. The van der Waals surface area contributed by atoms with E-state index in [-0.39, 0.29) is 11.3 Å². The van der Waals surface area contributed by atoms with Crippen LogP contribution >= 0.6 is 0 Å². The molecule has 0 saturated carbocycles. The van der Waals surface area contributed by atoms with Crippen molar-refractivity contribution in [1.82, 2.24) is 0 Å². The van der Waals surface area contributed by atoms with E-state index in [9.17, 15) is 18.0 Å². The number of aryl methyl sites for hydroxylation is 1. The minimum atomic E-state index is -4.29. The maximum atomic E-state index is 11.9. The average molecular weight is 233 g/mol. The molecule has 2 N–H and O–H groups in total. The zero-order valence-electron chi connectivity index (χ0n) is 8.43. The lowest BCUT2D eigenvalue weighted by molar-refractivity contribution is -0.115. The van der Waals surface area contributed by atoms with Crippen molar-refractivity contribution in [1.29, 1.82) is 0 Å². The molecule has 0 aromatic heterocycles. The number of carboxylic acid groups (broad SMARTS) is 1. The summed E-state index contributed by atoms with van der Waals surface area (Å²) in [6.45, 7) is 0.408. The van der Waals surface area contributed by atoms with Gasteiger partial charge in [0, 0.05) is 5.69 Å². The fourth-order valence-electron chi connectivity index (χ4n) is 1.19. The molecule has 0 aliphatic carbocycles. The van der Waals surface area contributed by atoms with Crippen LogP contribution < -0.4 is 5.32 Å². The average Bonchev–Trinajstić information content (AvgIpc) is 2.14. The number of nitrogens with one attached hydrogen (secondary N) is 1. The molecule has 0 bridgehead atoms. The maximum Gasteiger partial charge on any atom is 0.405 e. The van der Waals surface area contributed by atoms with Crippen LogP contribution in [0.5, 0.6) is 0 Å². The molecule has 0 amide bonds. The van der Waals surface area contributed by atoms with E-state index >= 15 is 0 Å². The lowest BCUT2D eigenvalue weighted by atomic mass is 10.1. The lowest BCUT2D eigenvalue weighted by Gasteiger charge is -2.12. The van der Waals surface area contributed by atoms with Crippen molar-refractivity contribution in [2.45, 2.75) is 13.1 Å². The number of halogens is 3. The topological polar surface area (TPSA) is 49.3 Å². The van der Waals surface area contributed by atoms with Crippen LogP contribution in [-0.2, 0) is 0 Å². The quantitative estimate of drug-likeness (QED) is 0.843. The Labute approximate surface area is 89.9 Å². The van der Waals surface area contributed by atoms with Gasteiger partial charge in [0.25, 0.3) is 0 Å². The van der Waals surface area contributed by atoms with Gasteiger partial charge in [-0.25, -0.2) is 4.79 Å². The van der Waals surface area contributed by atoms with Gasteiger partial charge in [-0.3, -0.25) is 0 Å². The first-order chi connectivity index (χ1) is 7.29. The number of alkyl halides is 3. The standard InChI is InChI=1S/C10H10F3NO2/c1-6-4-7(9(15)16)2-3-8(6)14-5-10(11,12)13/h2-4,14H,5H2,1H3,(H,15,16). The van der Waals surface area contributed by atoms with Gasteiger partial charge in [0.05, 0.1) is 5.56 Å². The summed E-state index contributed by atoms with van der Waals surface area (Å²) >= 11 is 0. The summed E-state index contributed by atoms with van der Waals surface area (Å²) in [7, 11) is 0. The molecular weight excluding hydrogens is 223 g/mol. The van der Waals surface area contributed by atoms with E-state index in [2.05, 4.69) is 5.32 Å². The summed E-state index contributed by atoms with van der Waals surface area (Å²) < 4.78 is 35.8. The fraction of sp³-hybridized carbons (Fsp3) is 0.300. The minimum absolute atomic E-state index is 0.0510. The van der Waals surface area contributed by atoms with Crippen LogP contribution in [0.2, 0.25) is 0 Å². The number of hydrogen-bond donors (Lipinski definition) is 2. The Morgan fingerprint density at radius 1 is 1.44 bits per heavy atom. The molecule has 1 rings (SSSR count). The summed E-state index contributed by atoms with van der Waals surface area (Å²) in [6.07, 6.45) is -4.29. The minimum Gasteiger partial charge on any atom is -0.478 e. The molecule has 3 nitrogen and oxygen atoms in total. The molecule has 0 heterocycles. The summed E-state index contributed by atoms with van der Waals surface area (Å²) in [6, 6.07) is 3.90. The smallest absolute Gasteiger partial charge is 0.405 e. The van der Waals surface area contributed by atoms with Crippen molar-refractivity contribution in [2.24, 2.45) is 0 Å². The van der Waals surface area contributed by atoms with E-state index in [0.717, 1.165) is 0 Å². The van der Waals surface area contributed by atoms with Crippen molar-refractivity contribution < 1.29 is 23.1 Å². The van der Waals surface area contributed by atoms with Gasteiger partial charge in [-0.05, 0) is 30.7 Å². The monoisotopic (exact) mass is 233 g/mol. The second-order valence-corrected chi connectivity index (χ2v) is 3.30. The molecule has 0 atom stereocenters. The van der Waals surface area contributed by atoms with Gasteiger partial charge in [0.1, 0.15) is 6.54 Å². The summed E-state index contributed by atoms with van der Waals surface area (Å²) in [5.74, 6) is -1.11. The van der Waals surface area contributed by atoms with Crippen LogP contribution in [0.15, 0.2) is 18.2 Å². The number of hydrogen-bond acceptors (Lipinski definition) is 2. The molecule has 88 valence electrons. The van der Waals surface area contributed by atoms with Crippen LogP contribution in [0.1, 0.15) is 15.9 Å². The Kier molecular flexibility index (Phi) is 3.41. The van der Waals surface area contributed by atoms with Crippen molar-refractivity contribution in [3.63, 3.8) is 0 Å². The molecule has 1 aromatic rings. The number of carboxylic acids is 1. The predicted octanol–water partition coefficient (Wildman–Crippen LogP) is 2.67. The Morgan fingerprint density at radius 3 is 2.50 bits per heavy atom. The third-order valence-corrected chi connectivity index (χ3v) is 1.95. The Morgan fingerprint density at radius 2 is 2.06 bits per heavy atom. The third-order valence-electron chi connectivity index (χ3n) is 1.95. The first kappa shape index (κ1) is 12.4. The van der Waals surface area contributed by atoms with Crippen molar-refractivity contribution >= 4 is 11.7 Å². The normalized spacial score (nSPS) is 11.2. The maximum absolute atomic E-state index is 11.9. The number of benzene rings is 1. The summed E-state index contributed by atoms with van der Waals surface area (Å²) in [5.41, 5.74) is 0.793. The van der Waals surface area contributed by atoms with Crippen molar-refractivity contribution in [3.05, 3.63) is 29.3 Å². The molecule has 0 saturated heterocycles. The molecule has 0 radical (unpaired) electrons.